The summed E-state index contributed by atoms with van der Waals surface area (Å²) in [5.74, 6) is -0.0500. The van der Waals surface area contributed by atoms with E-state index < -0.39 is 0 Å². The third-order valence-electron chi connectivity index (χ3n) is 5.44. The van der Waals surface area contributed by atoms with Crippen LogP contribution in [0.25, 0.3) is 16.9 Å². The maximum Gasteiger partial charge on any atom is 0.240 e. The predicted octanol–water partition coefficient (Wildman–Crippen LogP) is 5.82. The number of carbonyl (C=O) groups excluding carboxylic acids is 1. The van der Waals surface area contributed by atoms with E-state index in [9.17, 15) is 4.79 Å². The van der Waals surface area contributed by atoms with Crippen LogP contribution in [0.5, 0.6) is 0 Å². The first-order valence-corrected chi connectivity index (χ1v) is 12.1. The van der Waals surface area contributed by atoms with Crippen molar-refractivity contribution in [1.29, 1.82) is 0 Å². The molecular weight excluding hydrogens is 546 g/mol. The van der Waals surface area contributed by atoms with Gasteiger partial charge in [0.05, 0.1) is 28.5 Å². The van der Waals surface area contributed by atoms with Gasteiger partial charge in [-0.25, -0.2) is 9.69 Å². The topological polar surface area (TPSA) is 50.2 Å². The van der Waals surface area contributed by atoms with E-state index in [1.807, 2.05) is 22.7 Å². The van der Waals surface area contributed by atoms with Gasteiger partial charge in [-0.15, -0.1) is 0 Å². The van der Waals surface area contributed by atoms with Gasteiger partial charge in [0.2, 0.25) is 5.91 Å². The zero-order chi connectivity index (χ0) is 22.0. The fraction of sp³-hybridized carbons (Fsp3) is 0.304. The molecule has 0 aliphatic carbocycles. The Labute approximate surface area is 205 Å². The lowest BCUT2D eigenvalue weighted by atomic mass is 10.1. The number of rotatable bonds is 5. The number of benzene rings is 2. The van der Waals surface area contributed by atoms with Crippen molar-refractivity contribution in [1.82, 2.24) is 20.2 Å². The summed E-state index contributed by atoms with van der Waals surface area (Å²) in [6, 6.07) is 13.6. The average molecular weight is 569 g/mol. The van der Waals surface area contributed by atoms with Crippen molar-refractivity contribution in [2.45, 2.75) is 32.6 Å². The van der Waals surface area contributed by atoms with E-state index in [4.69, 9.17) is 28.3 Å². The molecule has 0 radical (unpaired) electrons. The molecule has 0 unspecified atom stereocenters. The lowest BCUT2D eigenvalue weighted by molar-refractivity contribution is -0.125. The number of halogens is 3. The van der Waals surface area contributed by atoms with Crippen molar-refractivity contribution in [2.75, 3.05) is 13.1 Å². The molecular formula is C23H23Cl2IN4O. The lowest BCUT2D eigenvalue weighted by Gasteiger charge is -2.26. The summed E-state index contributed by atoms with van der Waals surface area (Å²) >= 11 is 14.9. The van der Waals surface area contributed by atoms with E-state index >= 15 is 0 Å². The number of hydrogen-bond donors (Lipinski definition) is 1. The highest BCUT2D eigenvalue weighted by atomic mass is 127. The summed E-state index contributed by atoms with van der Waals surface area (Å²) in [4.78, 5) is 12.7. The molecule has 4 rings (SSSR count). The first-order valence-electron chi connectivity index (χ1n) is 10.3. The van der Waals surface area contributed by atoms with E-state index in [1.165, 1.54) is 6.42 Å². The highest BCUT2D eigenvalue weighted by Gasteiger charge is 2.22. The summed E-state index contributed by atoms with van der Waals surface area (Å²) in [6.45, 7) is 3.80. The van der Waals surface area contributed by atoms with Gasteiger partial charge in [-0.1, -0.05) is 41.8 Å². The highest BCUT2D eigenvalue weighted by Crippen LogP contribution is 2.33. The Morgan fingerprint density at radius 2 is 1.81 bits per heavy atom. The molecule has 0 bridgehead atoms. The number of nitrogens with zero attached hydrogens (tertiary/aromatic N) is 3. The van der Waals surface area contributed by atoms with E-state index in [0.29, 0.717) is 10.0 Å². The number of piperidine rings is 1. The summed E-state index contributed by atoms with van der Waals surface area (Å²) in [5, 5.41) is 7.89. The number of amides is 1. The molecule has 2 aromatic carbocycles. The monoisotopic (exact) mass is 568 g/mol. The van der Waals surface area contributed by atoms with Crippen LogP contribution in [0.1, 0.15) is 30.5 Å². The number of aromatic nitrogens is 2. The second-order valence-corrected chi connectivity index (χ2v) is 9.78. The standard InChI is InChI=1S/C23H23Cl2IN4O/c1-15-20(14-22(31)28-29-11-3-2-4-12-29)27-30(21-10-7-17(24)13-19(21)25)23(15)16-5-8-18(26)9-6-16/h5-10,13H,2-4,11-12,14H2,1H3,(H,28,31). The fourth-order valence-electron chi connectivity index (χ4n) is 3.86. The molecule has 1 amide bonds. The highest BCUT2D eigenvalue weighted by molar-refractivity contribution is 14.1. The Morgan fingerprint density at radius 3 is 2.48 bits per heavy atom. The van der Waals surface area contributed by atoms with Crippen molar-refractivity contribution in [3.8, 4) is 16.9 Å². The molecule has 31 heavy (non-hydrogen) atoms. The van der Waals surface area contributed by atoms with Gasteiger partial charge in [0.25, 0.3) is 0 Å². The molecule has 8 heteroatoms. The maximum atomic E-state index is 12.7. The predicted molar refractivity (Wildman–Crippen MR) is 134 cm³/mol. The smallest absolute Gasteiger partial charge is 0.240 e. The maximum absolute atomic E-state index is 12.7. The number of carbonyl (C=O) groups is 1. The Morgan fingerprint density at radius 1 is 1.10 bits per heavy atom. The van der Waals surface area contributed by atoms with E-state index in [1.54, 1.807) is 12.1 Å². The minimum absolute atomic E-state index is 0.0500. The SMILES string of the molecule is Cc1c(CC(=O)NN2CCCCC2)nn(-c2ccc(Cl)cc2Cl)c1-c1ccc(I)cc1. The zero-order valence-corrected chi connectivity index (χ0v) is 20.8. The van der Waals surface area contributed by atoms with Crippen LogP contribution >= 0.6 is 45.8 Å². The second-order valence-electron chi connectivity index (χ2n) is 7.69. The van der Waals surface area contributed by atoms with E-state index in [0.717, 1.165) is 57.7 Å². The third-order valence-corrected chi connectivity index (χ3v) is 6.70. The Bertz CT molecular complexity index is 1090. The number of hydrazine groups is 1. The van der Waals surface area contributed by atoms with Crippen molar-refractivity contribution in [3.05, 3.63) is 67.3 Å². The van der Waals surface area contributed by atoms with Gasteiger partial charge in [0, 0.05) is 27.2 Å². The lowest BCUT2D eigenvalue weighted by Crippen LogP contribution is -2.45. The van der Waals surface area contributed by atoms with Gasteiger partial charge in [-0.05, 0) is 78.3 Å². The Hall–Kier alpha value is -1.61. The molecule has 0 atom stereocenters. The van der Waals surface area contributed by atoms with E-state index in [-0.39, 0.29) is 12.3 Å². The second kappa shape index (κ2) is 9.90. The van der Waals surface area contributed by atoms with Crippen LogP contribution in [0.15, 0.2) is 42.5 Å². The van der Waals surface area contributed by atoms with Crippen LogP contribution in [-0.2, 0) is 11.2 Å². The van der Waals surface area contributed by atoms with Gasteiger partial charge in [-0.3, -0.25) is 10.2 Å². The van der Waals surface area contributed by atoms with Crippen LogP contribution < -0.4 is 5.43 Å². The molecule has 1 saturated heterocycles. The molecule has 162 valence electrons. The number of hydrogen-bond acceptors (Lipinski definition) is 3. The molecule has 1 aliphatic heterocycles. The van der Waals surface area contributed by atoms with Crippen molar-refractivity contribution >= 4 is 51.7 Å². The van der Waals surface area contributed by atoms with Gasteiger partial charge < -0.3 is 0 Å². The molecule has 1 aliphatic rings. The van der Waals surface area contributed by atoms with Crippen molar-refractivity contribution in [3.63, 3.8) is 0 Å². The zero-order valence-electron chi connectivity index (χ0n) is 17.2. The molecule has 2 heterocycles. The summed E-state index contributed by atoms with van der Waals surface area (Å²) in [5.41, 5.74) is 7.38. The normalized spacial score (nSPS) is 14.6. The van der Waals surface area contributed by atoms with Gasteiger partial charge in [0.1, 0.15) is 0 Å². The minimum atomic E-state index is -0.0500. The van der Waals surface area contributed by atoms with Crippen LogP contribution in [0, 0.1) is 10.5 Å². The number of nitrogens with one attached hydrogen (secondary N) is 1. The summed E-state index contributed by atoms with van der Waals surface area (Å²) in [7, 11) is 0. The average Bonchev–Trinajstić information content (AvgIpc) is 3.05. The van der Waals surface area contributed by atoms with Crippen LogP contribution in [0.3, 0.4) is 0 Å². The van der Waals surface area contributed by atoms with Crippen LogP contribution in [0.2, 0.25) is 10.0 Å². The third kappa shape index (κ3) is 5.25. The molecule has 1 N–H and O–H groups in total. The molecule has 5 nitrogen and oxygen atoms in total. The van der Waals surface area contributed by atoms with Crippen LogP contribution in [0.4, 0.5) is 0 Å². The molecule has 1 fully saturated rings. The molecule has 3 aromatic rings. The Kier molecular flexibility index (Phi) is 7.21. The molecule has 1 aromatic heterocycles. The molecule has 0 saturated carbocycles. The first-order chi connectivity index (χ1) is 14.9. The van der Waals surface area contributed by atoms with Gasteiger partial charge in [-0.2, -0.15) is 5.10 Å². The van der Waals surface area contributed by atoms with Crippen LogP contribution in [-0.4, -0.2) is 33.8 Å². The fourth-order valence-corrected chi connectivity index (χ4v) is 4.70. The summed E-state index contributed by atoms with van der Waals surface area (Å²) < 4.78 is 2.97. The van der Waals surface area contributed by atoms with Crippen molar-refractivity contribution < 1.29 is 4.79 Å². The summed E-state index contributed by atoms with van der Waals surface area (Å²) in [6.07, 6.45) is 3.65. The van der Waals surface area contributed by atoms with Gasteiger partial charge in [0.15, 0.2) is 0 Å². The quantitative estimate of drug-likeness (QED) is 0.395. The molecule has 0 spiro atoms. The van der Waals surface area contributed by atoms with Gasteiger partial charge >= 0.3 is 0 Å². The van der Waals surface area contributed by atoms with E-state index in [2.05, 4.69) is 52.3 Å². The first kappa shape index (κ1) is 22.6. The van der Waals surface area contributed by atoms with Crippen molar-refractivity contribution in [2.24, 2.45) is 0 Å². The minimum Gasteiger partial charge on any atom is -0.289 e. The largest absolute Gasteiger partial charge is 0.289 e. The Balaban J connectivity index is 1.71.